The molecule has 0 bridgehead atoms. The van der Waals surface area contributed by atoms with E-state index in [0.717, 1.165) is 49.2 Å². The van der Waals surface area contributed by atoms with Crippen LogP contribution in [0, 0.1) is 17.2 Å². The van der Waals surface area contributed by atoms with Crippen LogP contribution in [-0.4, -0.2) is 26.4 Å². The summed E-state index contributed by atoms with van der Waals surface area (Å²) in [6, 6.07) is 12.3. The Labute approximate surface area is 189 Å². The molecule has 1 fully saturated rings. The van der Waals surface area contributed by atoms with Gasteiger partial charge < -0.3 is 5.32 Å². The Bertz CT molecular complexity index is 1160. The molecule has 0 radical (unpaired) electrons. The van der Waals surface area contributed by atoms with Crippen LogP contribution in [0.4, 0.5) is 5.00 Å². The highest BCUT2D eigenvalue weighted by molar-refractivity contribution is 7.99. The maximum Gasteiger partial charge on any atom is 0.235 e. The molecule has 31 heavy (non-hydrogen) atoms. The first-order valence-electron chi connectivity index (χ1n) is 10.6. The van der Waals surface area contributed by atoms with Gasteiger partial charge in [0.1, 0.15) is 16.9 Å². The molecule has 0 spiro atoms. The van der Waals surface area contributed by atoms with Crippen LogP contribution in [0.25, 0.3) is 5.69 Å². The lowest BCUT2D eigenvalue weighted by Gasteiger charge is -2.17. The van der Waals surface area contributed by atoms with Gasteiger partial charge in [0.2, 0.25) is 11.1 Å². The van der Waals surface area contributed by atoms with Gasteiger partial charge in [-0.15, -0.1) is 16.4 Å². The van der Waals surface area contributed by atoms with Gasteiger partial charge in [-0.2, -0.15) is 5.26 Å². The molecule has 0 saturated heterocycles. The highest BCUT2D eigenvalue weighted by atomic mass is 32.2. The van der Waals surface area contributed by atoms with Crippen molar-refractivity contribution in [3.8, 4) is 11.8 Å². The fraction of sp³-hybridized carbons (Fsp3) is 0.391. The monoisotopic (exact) mass is 449 g/mol. The molecular weight excluding hydrogens is 426 g/mol. The van der Waals surface area contributed by atoms with Gasteiger partial charge in [-0.05, 0) is 55.7 Å². The van der Waals surface area contributed by atoms with Gasteiger partial charge in [0, 0.05) is 10.8 Å². The number of hydrogen-bond acceptors (Lipinski definition) is 6. The zero-order valence-corrected chi connectivity index (χ0v) is 18.9. The average molecular weight is 450 g/mol. The number of amides is 1. The summed E-state index contributed by atoms with van der Waals surface area (Å²) in [4.78, 5) is 18.6. The van der Waals surface area contributed by atoms with Gasteiger partial charge in [-0.1, -0.05) is 36.9 Å². The van der Waals surface area contributed by atoms with Crippen LogP contribution >= 0.6 is 23.1 Å². The molecule has 1 aromatic carbocycles. The number of rotatable bonds is 6. The van der Waals surface area contributed by atoms with Crippen LogP contribution in [-0.2, 0) is 17.6 Å². The number of hydrogen-bond donors (Lipinski definition) is 1. The predicted octanol–water partition coefficient (Wildman–Crippen LogP) is 4.93. The zero-order valence-electron chi connectivity index (χ0n) is 17.3. The third-order valence-electron chi connectivity index (χ3n) is 5.76. The Morgan fingerprint density at radius 3 is 2.87 bits per heavy atom. The molecule has 8 heteroatoms. The van der Waals surface area contributed by atoms with Crippen LogP contribution < -0.4 is 5.32 Å². The first-order chi connectivity index (χ1) is 15.1. The number of benzene rings is 1. The number of carbonyl (C=O) groups excluding carboxylic acids is 1. The number of para-hydroxylation sites is 1. The van der Waals surface area contributed by atoms with Crippen molar-refractivity contribution >= 4 is 34.0 Å². The Morgan fingerprint density at radius 1 is 1.32 bits per heavy atom. The number of carbonyl (C=O) groups is 1. The number of nitriles is 1. The van der Waals surface area contributed by atoms with Crippen molar-refractivity contribution in [1.29, 1.82) is 5.26 Å². The van der Waals surface area contributed by atoms with E-state index in [9.17, 15) is 10.1 Å². The number of aromatic nitrogens is 3. The summed E-state index contributed by atoms with van der Waals surface area (Å²) in [5, 5.41) is 18.5. The largest absolute Gasteiger partial charge is 0.316 e. The second-order valence-electron chi connectivity index (χ2n) is 8.28. The van der Waals surface area contributed by atoms with E-state index >= 15 is 0 Å². The van der Waals surface area contributed by atoms with Crippen LogP contribution in [0.1, 0.15) is 53.9 Å². The predicted molar refractivity (Wildman–Crippen MR) is 123 cm³/mol. The highest BCUT2D eigenvalue weighted by Gasteiger charge is 2.30. The molecule has 1 unspecified atom stereocenters. The zero-order chi connectivity index (χ0) is 21.4. The lowest BCUT2D eigenvalue weighted by molar-refractivity contribution is -0.113. The maximum absolute atomic E-state index is 12.6. The second-order valence-corrected chi connectivity index (χ2v) is 10.3. The molecule has 1 atom stereocenters. The molecule has 2 aliphatic rings. The number of thioether (sulfide) groups is 1. The van der Waals surface area contributed by atoms with Crippen LogP contribution in [0.15, 0.2) is 35.5 Å². The molecule has 1 saturated carbocycles. The van der Waals surface area contributed by atoms with E-state index in [1.54, 1.807) is 11.3 Å². The van der Waals surface area contributed by atoms with Gasteiger partial charge in [0.25, 0.3) is 0 Å². The van der Waals surface area contributed by atoms with Crippen molar-refractivity contribution in [3.63, 3.8) is 0 Å². The minimum Gasteiger partial charge on any atom is -0.316 e. The van der Waals surface area contributed by atoms with Crippen molar-refractivity contribution in [2.75, 3.05) is 11.1 Å². The standard InChI is InChI=1S/C23H23N5OS2/c1-14-7-10-17-18(12-24)22(31-19(17)11-14)25-20(29)13-30-23-26-21(15-8-9-15)28(27-23)16-5-3-2-4-6-16/h2-6,14-15H,7-11,13H2,1H3,(H,25,29). The van der Waals surface area contributed by atoms with Crippen molar-refractivity contribution < 1.29 is 4.79 Å². The summed E-state index contributed by atoms with van der Waals surface area (Å²) in [7, 11) is 0. The Morgan fingerprint density at radius 2 is 2.13 bits per heavy atom. The minimum absolute atomic E-state index is 0.128. The van der Waals surface area contributed by atoms with E-state index in [-0.39, 0.29) is 11.7 Å². The molecule has 5 rings (SSSR count). The lowest BCUT2D eigenvalue weighted by atomic mass is 9.89. The fourth-order valence-electron chi connectivity index (χ4n) is 3.98. The van der Waals surface area contributed by atoms with Crippen LogP contribution in [0.5, 0.6) is 0 Å². The first-order valence-corrected chi connectivity index (χ1v) is 12.4. The van der Waals surface area contributed by atoms with E-state index in [4.69, 9.17) is 4.98 Å². The molecule has 2 aliphatic carbocycles. The topological polar surface area (TPSA) is 83.6 Å². The number of thiophene rings is 1. The average Bonchev–Trinajstić information content (AvgIpc) is 3.44. The van der Waals surface area contributed by atoms with E-state index < -0.39 is 0 Å². The molecule has 0 aliphatic heterocycles. The normalized spacial score (nSPS) is 17.7. The number of anilines is 1. The molecule has 1 amide bonds. The Kier molecular flexibility index (Phi) is 5.55. The SMILES string of the molecule is CC1CCc2c(sc(NC(=O)CSc3nc(C4CC4)n(-c4ccccc4)n3)c2C#N)C1. The van der Waals surface area contributed by atoms with Gasteiger partial charge in [-0.25, -0.2) is 9.67 Å². The molecule has 158 valence electrons. The minimum atomic E-state index is -0.128. The summed E-state index contributed by atoms with van der Waals surface area (Å²) in [5.41, 5.74) is 2.77. The molecule has 6 nitrogen and oxygen atoms in total. The van der Waals surface area contributed by atoms with E-state index in [0.29, 0.717) is 27.6 Å². The number of nitrogens with one attached hydrogen (secondary N) is 1. The smallest absolute Gasteiger partial charge is 0.235 e. The Balaban J connectivity index is 1.28. The maximum atomic E-state index is 12.6. The van der Waals surface area contributed by atoms with Crippen molar-refractivity contribution in [2.24, 2.45) is 5.92 Å². The van der Waals surface area contributed by atoms with Gasteiger partial charge in [-0.3, -0.25) is 4.79 Å². The fourth-order valence-corrected chi connectivity index (χ4v) is 5.99. The van der Waals surface area contributed by atoms with Crippen molar-refractivity contribution in [1.82, 2.24) is 14.8 Å². The third kappa shape index (κ3) is 4.25. The van der Waals surface area contributed by atoms with Crippen LogP contribution in [0.2, 0.25) is 0 Å². The summed E-state index contributed by atoms with van der Waals surface area (Å²) in [6.45, 7) is 2.24. The van der Waals surface area contributed by atoms with Crippen molar-refractivity contribution in [3.05, 3.63) is 52.2 Å². The van der Waals surface area contributed by atoms with Gasteiger partial charge in [0.05, 0.1) is 17.0 Å². The number of nitrogens with zero attached hydrogens (tertiary/aromatic N) is 4. The van der Waals surface area contributed by atoms with E-state index in [2.05, 4.69) is 23.4 Å². The van der Waals surface area contributed by atoms with Crippen LogP contribution in [0.3, 0.4) is 0 Å². The summed E-state index contributed by atoms with van der Waals surface area (Å²) in [5.74, 6) is 2.14. The van der Waals surface area contributed by atoms with Gasteiger partial charge >= 0.3 is 0 Å². The first kappa shape index (κ1) is 20.3. The molecular formula is C23H23N5OS2. The number of fused-ring (bicyclic) bond motifs is 1. The van der Waals surface area contributed by atoms with Gasteiger partial charge in [0.15, 0.2) is 0 Å². The lowest BCUT2D eigenvalue weighted by Crippen LogP contribution is -2.14. The summed E-state index contributed by atoms with van der Waals surface area (Å²) >= 11 is 2.90. The molecule has 2 heterocycles. The molecule has 2 aromatic heterocycles. The Hall–Kier alpha value is -2.63. The van der Waals surface area contributed by atoms with E-state index in [1.165, 1.54) is 16.6 Å². The third-order valence-corrected chi connectivity index (χ3v) is 7.77. The highest BCUT2D eigenvalue weighted by Crippen LogP contribution is 2.41. The summed E-state index contributed by atoms with van der Waals surface area (Å²) in [6.07, 6.45) is 5.28. The molecule has 3 aromatic rings. The van der Waals surface area contributed by atoms with E-state index in [1.807, 2.05) is 35.0 Å². The summed E-state index contributed by atoms with van der Waals surface area (Å²) < 4.78 is 1.90. The van der Waals surface area contributed by atoms with Crippen molar-refractivity contribution in [2.45, 2.75) is 50.1 Å². The quantitative estimate of drug-likeness (QED) is 0.539. The molecule has 1 N–H and O–H groups in total. The second kappa shape index (κ2) is 8.48.